The van der Waals surface area contributed by atoms with Crippen molar-refractivity contribution in [1.82, 2.24) is 0 Å². The second-order valence-corrected chi connectivity index (χ2v) is 9.62. The highest BCUT2D eigenvalue weighted by Crippen LogP contribution is 2.39. The first-order valence-electron chi connectivity index (χ1n) is 12.9. The Morgan fingerprint density at radius 1 is 0.884 bits per heavy atom. The van der Waals surface area contributed by atoms with E-state index in [4.69, 9.17) is 25.7 Å². The maximum atomic E-state index is 14.7. The van der Waals surface area contributed by atoms with E-state index in [1.54, 1.807) is 18.2 Å². The third kappa shape index (κ3) is 9.55. The smallest absolute Gasteiger partial charge is 0.453 e. The SMILES string of the molecule is CC(COC(=O)/C=C/c1ccc(OC(F)(F)c2ccc(OCCCC(F)(F)C(F)(F)F)cc2)cc1)c1ccc(N)cc1N. The molecular formula is C30H29F7N2O4. The van der Waals surface area contributed by atoms with E-state index in [0.717, 1.165) is 29.8 Å². The number of nitrogen functional groups attached to an aromatic ring is 2. The predicted molar refractivity (Wildman–Crippen MR) is 147 cm³/mol. The fourth-order valence-corrected chi connectivity index (χ4v) is 3.78. The summed E-state index contributed by atoms with van der Waals surface area (Å²) in [4.78, 5) is 12.1. The van der Waals surface area contributed by atoms with Crippen LogP contribution in [0.2, 0.25) is 0 Å². The third-order valence-electron chi connectivity index (χ3n) is 6.16. The first-order valence-corrected chi connectivity index (χ1v) is 12.9. The molecule has 3 rings (SSSR count). The Morgan fingerprint density at radius 3 is 2.12 bits per heavy atom. The number of carbonyl (C=O) groups is 1. The molecule has 0 heterocycles. The van der Waals surface area contributed by atoms with Gasteiger partial charge in [-0.2, -0.15) is 30.7 Å². The molecule has 0 aliphatic carbocycles. The van der Waals surface area contributed by atoms with Gasteiger partial charge in [0.1, 0.15) is 11.5 Å². The molecule has 0 aromatic heterocycles. The summed E-state index contributed by atoms with van der Waals surface area (Å²) < 4.78 is 107. The van der Waals surface area contributed by atoms with Crippen LogP contribution in [0, 0.1) is 0 Å². The van der Waals surface area contributed by atoms with E-state index in [-0.39, 0.29) is 24.0 Å². The van der Waals surface area contributed by atoms with E-state index >= 15 is 0 Å². The van der Waals surface area contributed by atoms with Crippen LogP contribution < -0.4 is 20.9 Å². The van der Waals surface area contributed by atoms with Crippen molar-refractivity contribution in [3.63, 3.8) is 0 Å². The van der Waals surface area contributed by atoms with Gasteiger partial charge in [-0.05, 0) is 72.2 Å². The lowest BCUT2D eigenvalue weighted by atomic mass is 10.00. The van der Waals surface area contributed by atoms with Crippen molar-refractivity contribution < 1.29 is 49.7 Å². The summed E-state index contributed by atoms with van der Waals surface area (Å²) in [7, 11) is 0. The number of benzene rings is 3. The summed E-state index contributed by atoms with van der Waals surface area (Å²) in [5.74, 6) is -5.79. The zero-order valence-electron chi connectivity index (χ0n) is 22.8. The van der Waals surface area contributed by atoms with E-state index in [9.17, 15) is 35.5 Å². The van der Waals surface area contributed by atoms with Gasteiger partial charge in [-0.1, -0.05) is 25.1 Å². The molecule has 0 bridgehead atoms. The predicted octanol–water partition coefficient (Wildman–Crippen LogP) is 7.70. The van der Waals surface area contributed by atoms with Crippen LogP contribution in [0.4, 0.5) is 42.1 Å². The van der Waals surface area contributed by atoms with Crippen LogP contribution in [0.5, 0.6) is 11.5 Å². The molecule has 0 aliphatic heterocycles. The summed E-state index contributed by atoms with van der Waals surface area (Å²) in [6.07, 6.45) is -8.85. The van der Waals surface area contributed by atoms with E-state index < -0.39 is 49.2 Å². The number of hydrogen-bond donors (Lipinski definition) is 2. The molecule has 0 saturated carbocycles. The summed E-state index contributed by atoms with van der Waals surface area (Å²) in [6.45, 7) is 1.45. The van der Waals surface area contributed by atoms with Crippen molar-refractivity contribution in [2.75, 3.05) is 24.7 Å². The Kier molecular flexibility index (Phi) is 10.5. The Hall–Kier alpha value is -4.42. The fourth-order valence-electron chi connectivity index (χ4n) is 3.78. The topological polar surface area (TPSA) is 96.8 Å². The van der Waals surface area contributed by atoms with Gasteiger partial charge < -0.3 is 25.7 Å². The van der Waals surface area contributed by atoms with Crippen molar-refractivity contribution in [2.45, 2.75) is 43.9 Å². The van der Waals surface area contributed by atoms with Gasteiger partial charge in [0.05, 0.1) is 18.8 Å². The zero-order valence-corrected chi connectivity index (χ0v) is 22.8. The van der Waals surface area contributed by atoms with Crippen LogP contribution in [-0.4, -0.2) is 31.3 Å². The number of halogens is 7. The number of alkyl halides is 7. The quantitative estimate of drug-likeness (QED) is 0.0674. The number of carbonyl (C=O) groups excluding carboxylic acids is 1. The van der Waals surface area contributed by atoms with Crippen molar-refractivity contribution in [3.8, 4) is 11.5 Å². The monoisotopic (exact) mass is 614 g/mol. The van der Waals surface area contributed by atoms with Crippen molar-refractivity contribution in [1.29, 1.82) is 0 Å². The molecule has 1 unspecified atom stereocenters. The first-order chi connectivity index (χ1) is 20.1. The van der Waals surface area contributed by atoms with Crippen molar-refractivity contribution in [2.24, 2.45) is 0 Å². The van der Waals surface area contributed by atoms with Crippen LogP contribution in [0.1, 0.15) is 42.4 Å². The van der Waals surface area contributed by atoms with Crippen molar-refractivity contribution >= 4 is 23.4 Å². The molecule has 4 N–H and O–H groups in total. The summed E-state index contributed by atoms with van der Waals surface area (Å²) >= 11 is 0. The molecule has 0 amide bonds. The lowest BCUT2D eigenvalue weighted by Gasteiger charge is -2.20. The third-order valence-corrected chi connectivity index (χ3v) is 6.16. The zero-order chi connectivity index (χ0) is 31.8. The fraction of sp³-hybridized carbons (Fsp3) is 0.300. The highest BCUT2D eigenvalue weighted by molar-refractivity contribution is 5.87. The average Bonchev–Trinajstić information content (AvgIpc) is 2.93. The van der Waals surface area contributed by atoms with Gasteiger partial charge >= 0.3 is 24.2 Å². The minimum absolute atomic E-state index is 0.00776. The Labute approximate surface area is 243 Å². The molecule has 232 valence electrons. The van der Waals surface area contributed by atoms with Gasteiger partial charge in [0.15, 0.2) is 0 Å². The molecule has 0 fully saturated rings. The highest BCUT2D eigenvalue weighted by Gasteiger charge is 2.56. The van der Waals surface area contributed by atoms with E-state index in [0.29, 0.717) is 16.9 Å². The van der Waals surface area contributed by atoms with Crippen LogP contribution in [0.15, 0.2) is 72.8 Å². The standard InChI is InChI=1S/C30H29F7N2O4/c1-19(25-13-8-22(38)17-26(25)39)18-42-27(40)14-5-20-3-9-24(10-4-20)43-29(33,34)21-6-11-23(12-7-21)41-16-2-15-28(31,32)30(35,36)37/h3-14,17,19H,2,15-16,18,38-39H2,1H3/b14-5+. The lowest BCUT2D eigenvalue weighted by Crippen LogP contribution is -2.36. The van der Waals surface area contributed by atoms with Crippen LogP contribution in [-0.2, 0) is 15.6 Å². The average molecular weight is 615 g/mol. The number of ether oxygens (including phenoxy) is 3. The van der Waals surface area contributed by atoms with Gasteiger partial charge in [-0.3, -0.25) is 0 Å². The van der Waals surface area contributed by atoms with Gasteiger partial charge in [-0.15, -0.1) is 0 Å². The van der Waals surface area contributed by atoms with Gasteiger partial charge in [-0.25, -0.2) is 4.79 Å². The van der Waals surface area contributed by atoms with Crippen LogP contribution in [0.25, 0.3) is 6.08 Å². The second-order valence-electron chi connectivity index (χ2n) is 9.62. The van der Waals surface area contributed by atoms with Gasteiger partial charge in [0.2, 0.25) is 0 Å². The molecule has 1 atom stereocenters. The van der Waals surface area contributed by atoms with Crippen LogP contribution in [0.3, 0.4) is 0 Å². The maximum Gasteiger partial charge on any atom is 0.453 e. The Bertz CT molecular complexity index is 1390. The number of rotatable bonds is 13. The second kappa shape index (κ2) is 13.7. The van der Waals surface area contributed by atoms with E-state index in [1.165, 1.54) is 36.4 Å². The summed E-state index contributed by atoms with van der Waals surface area (Å²) in [5.41, 5.74) is 13.4. The maximum absolute atomic E-state index is 14.7. The molecule has 0 radical (unpaired) electrons. The number of esters is 1. The van der Waals surface area contributed by atoms with E-state index in [1.807, 2.05) is 6.92 Å². The molecule has 0 spiro atoms. The molecule has 6 nitrogen and oxygen atoms in total. The molecule has 3 aromatic rings. The minimum Gasteiger partial charge on any atom is -0.494 e. The molecule has 43 heavy (non-hydrogen) atoms. The summed E-state index contributed by atoms with van der Waals surface area (Å²) in [5, 5.41) is 0. The normalized spacial score (nSPS) is 13.1. The first kappa shape index (κ1) is 33.1. The molecular weight excluding hydrogens is 585 g/mol. The van der Waals surface area contributed by atoms with Gasteiger partial charge in [0, 0.05) is 29.8 Å². The Balaban J connectivity index is 1.47. The highest BCUT2D eigenvalue weighted by atomic mass is 19.4. The molecule has 3 aromatic carbocycles. The number of anilines is 2. The summed E-state index contributed by atoms with van der Waals surface area (Å²) in [6, 6.07) is 14.7. The van der Waals surface area contributed by atoms with Crippen molar-refractivity contribution in [3.05, 3.63) is 89.5 Å². The number of nitrogens with two attached hydrogens (primary N) is 2. The van der Waals surface area contributed by atoms with Gasteiger partial charge in [0.25, 0.3) is 0 Å². The largest absolute Gasteiger partial charge is 0.494 e. The lowest BCUT2D eigenvalue weighted by molar-refractivity contribution is -0.284. The molecule has 13 heteroatoms. The molecule has 0 aliphatic rings. The number of hydrogen-bond acceptors (Lipinski definition) is 6. The molecule has 0 saturated heterocycles. The van der Waals surface area contributed by atoms with Crippen LogP contribution >= 0.6 is 0 Å². The van der Waals surface area contributed by atoms with E-state index in [2.05, 4.69) is 0 Å². The minimum atomic E-state index is -5.65. The Morgan fingerprint density at radius 2 is 1.51 bits per heavy atom.